The molecule has 0 amide bonds. The molecule has 5 heteroatoms. The van der Waals surface area contributed by atoms with Gasteiger partial charge in [-0.1, -0.05) is 30.1 Å². The Bertz CT molecular complexity index is 416. The Morgan fingerprint density at radius 1 is 1.33 bits per heavy atom. The summed E-state index contributed by atoms with van der Waals surface area (Å²) in [6.07, 6.45) is 1.28. The van der Waals surface area contributed by atoms with Crippen molar-refractivity contribution in [3.05, 3.63) is 22.2 Å². The fourth-order valence-electron chi connectivity index (χ4n) is 2.43. The van der Waals surface area contributed by atoms with Gasteiger partial charge in [0, 0.05) is 25.9 Å². The molecule has 0 saturated carbocycles. The second kappa shape index (κ2) is 5.55. The lowest BCUT2D eigenvalue weighted by molar-refractivity contribution is 0.0498. The summed E-state index contributed by atoms with van der Waals surface area (Å²) in [4.78, 5) is 2.18. The maximum absolute atomic E-state index is 6.25. The van der Waals surface area contributed by atoms with Crippen molar-refractivity contribution in [1.82, 2.24) is 0 Å². The van der Waals surface area contributed by atoms with Gasteiger partial charge in [-0.15, -0.1) is 0 Å². The van der Waals surface area contributed by atoms with Gasteiger partial charge in [0.05, 0.1) is 21.8 Å². The Morgan fingerprint density at radius 3 is 2.50 bits per heavy atom. The number of nitrogens with zero attached hydrogens (tertiary/aromatic N) is 1. The first-order chi connectivity index (χ1) is 8.52. The van der Waals surface area contributed by atoms with E-state index in [4.69, 9.17) is 33.7 Å². The number of hydrogen-bond donors (Lipinski definition) is 1. The fraction of sp³-hybridized carbons (Fsp3) is 0.538. The highest BCUT2D eigenvalue weighted by Gasteiger charge is 2.28. The second-order valence-electron chi connectivity index (χ2n) is 4.82. The first kappa shape index (κ1) is 13.8. The van der Waals surface area contributed by atoms with Crippen LogP contribution in [0.5, 0.6) is 0 Å². The summed E-state index contributed by atoms with van der Waals surface area (Å²) in [5.74, 6) is 0.553. The summed E-state index contributed by atoms with van der Waals surface area (Å²) >= 11 is 12.5. The number of piperidine rings is 1. The molecule has 1 aromatic carbocycles. The Kier molecular flexibility index (Phi) is 4.25. The molecule has 1 aromatic rings. The van der Waals surface area contributed by atoms with Crippen molar-refractivity contribution < 1.29 is 4.74 Å². The minimum atomic E-state index is 0.212. The van der Waals surface area contributed by atoms with Crippen LogP contribution in [0.15, 0.2) is 12.1 Å². The van der Waals surface area contributed by atoms with E-state index in [-0.39, 0.29) is 6.10 Å². The highest BCUT2D eigenvalue weighted by Crippen LogP contribution is 2.38. The van der Waals surface area contributed by atoms with Gasteiger partial charge >= 0.3 is 0 Å². The zero-order valence-corrected chi connectivity index (χ0v) is 12.1. The maximum Gasteiger partial charge on any atom is 0.0772 e. The van der Waals surface area contributed by atoms with Crippen molar-refractivity contribution in [3.8, 4) is 0 Å². The van der Waals surface area contributed by atoms with E-state index in [1.165, 1.54) is 0 Å². The van der Waals surface area contributed by atoms with Crippen molar-refractivity contribution in [2.75, 3.05) is 30.8 Å². The van der Waals surface area contributed by atoms with Crippen LogP contribution in [0.25, 0.3) is 0 Å². The lowest BCUT2D eigenvalue weighted by Gasteiger charge is -2.38. The number of rotatable bonds is 2. The second-order valence-corrected chi connectivity index (χ2v) is 5.63. The van der Waals surface area contributed by atoms with Crippen LogP contribution in [0.2, 0.25) is 10.0 Å². The van der Waals surface area contributed by atoms with Crippen molar-refractivity contribution in [2.24, 2.45) is 5.92 Å². The van der Waals surface area contributed by atoms with Crippen LogP contribution >= 0.6 is 23.2 Å². The summed E-state index contributed by atoms with van der Waals surface area (Å²) in [6, 6.07) is 3.48. The molecule has 2 unspecified atom stereocenters. The van der Waals surface area contributed by atoms with Gasteiger partial charge < -0.3 is 15.4 Å². The van der Waals surface area contributed by atoms with Gasteiger partial charge in [0.1, 0.15) is 0 Å². The SMILES string of the molecule is COC1CN(c2c(Cl)cc(N)cc2Cl)CCC1C. The molecule has 1 saturated heterocycles. The minimum absolute atomic E-state index is 0.212. The molecule has 0 bridgehead atoms. The average molecular weight is 289 g/mol. The van der Waals surface area contributed by atoms with E-state index in [9.17, 15) is 0 Å². The normalized spacial score (nSPS) is 24.3. The molecule has 2 N–H and O–H groups in total. The largest absolute Gasteiger partial charge is 0.399 e. The predicted octanol–water partition coefficient (Wildman–Crippen LogP) is 3.44. The van der Waals surface area contributed by atoms with Crippen molar-refractivity contribution in [1.29, 1.82) is 0 Å². The van der Waals surface area contributed by atoms with Crippen molar-refractivity contribution in [2.45, 2.75) is 19.4 Å². The third kappa shape index (κ3) is 2.68. The van der Waals surface area contributed by atoms with E-state index in [2.05, 4.69) is 11.8 Å². The molecule has 2 rings (SSSR count). The molecule has 100 valence electrons. The van der Waals surface area contributed by atoms with E-state index >= 15 is 0 Å². The first-order valence-corrected chi connectivity index (χ1v) is 6.80. The van der Waals surface area contributed by atoms with Crippen LogP contribution in [0, 0.1) is 5.92 Å². The van der Waals surface area contributed by atoms with Crippen LogP contribution in [0.3, 0.4) is 0 Å². The van der Waals surface area contributed by atoms with E-state index in [1.54, 1.807) is 19.2 Å². The van der Waals surface area contributed by atoms with Crippen LogP contribution in [0.1, 0.15) is 13.3 Å². The number of nitrogen functional groups attached to an aromatic ring is 1. The zero-order valence-electron chi connectivity index (χ0n) is 10.6. The Morgan fingerprint density at radius 2 is 1.94 bits per heavy atom. The van der Waals surface area contributed by atoms with Crippen molar-refractivity contribution >= 4 is 34.6 Å². The van der Waals surface area contributed by atoms with Gasteiger partial charge in [-0.2, -0.15) is 0 Å². The van der Waals surface area contributed by atoms with Crippen LogP contribution < -0.4 is 10.6 Å². The number of nitrogens with two attached hydrogens (primary N) is 1. The molecule has 1 aliphatic heterocycles. The predicted molar refractivity (Wildman–Crippen MR) is 77.7 cm³/mol. The van der Waals surface area contributed by atoms with Crippen LogP contribution in [-0.4, -0.2) is 26.3 Å². The molecule has 0 aromatic heterocycles. The van der Waals surface area contributed by atoms with Gasteiger partial charge in [0.15, 0.2) is 0 Å². The van der Waals surface area contributed by atoms with Crippen LogP contribution in [0.4, 0.5) is 11.4 Å². The van der Waals surface area contributed by atoms with E-state index in [0.717, 1.165) is 25.2 Å². The molecule has 1 aliphatic rings. The smallest absolute Gasteiger partial charge is 0.0772 e. The summed E-state index contributed by atoms with van der Waals surface area (Å²) < 4.78 is 5.51. The number of benzene rings is 1. The van der Waals surface area contributed by atoms with E-state index in [0.29, 0.717) is 21.7 Å². The summed E-state index contributed by atoms with van der Waals surface area (Å²) in [5.41, 5.74) is 7.17. The number of hydrogen-bond acceptors (Lipinski definition) is 3. The fourth-order valence-corrected chi connectivity index (χ4v) is 3.17. The molecular weight excluding hydrogens is 271 g/mol. The Labute approximate surface area is 118 Å². The minimum Gasteiger partial charge on any atom is -0.399 e. The lowest BCUT2D eigenvalue weighted by atomic mass is 9.95. The van der Waals surface area contributed by atoms with Gasteiger partial charge in [-0.05, 0) is 24.5 Å². The Balaban J connectivity index is 2.27. The molecular formula is C13H18Cl2N2O. The van der Waals surface area contributed by atoms with Gasteiger partial charge in [0.2, 0.25) is 0 Å². The quantitative estimate of drug-likeness (QED) is 0.848. The van der Waals surface area contributed by atoms with Gasteiger partial charge in [0.25, 0.3) is 0 Å². The highest BCUT2D eigenvalue weighted by atomic mass is 35.5. The van der Waals surface area contributed by atoms with Gasteiger partial charge in [-0.3, -0.25) is 0 Å². The van der Waals surface area contributed by atoms with Crippen molar-refractivity contribution in [3.63, 3.8) is 0 Å². The number of halogens is 2. The van der Waals surface area contributed by atoms with E-state index in [1.807, 2.05) is 0 Å². The molecule has 3 nitrogen and oxygen atoms in total. The molecule has 1 heterocycles. The topological polar surface area (TPSA) is 38.5 Å². The Hall–Kier alpha value is -0.640. The monoisotopic (exact) mass is 288 g/mol. The average Bonchev–Trinajstić information content (AvgIpc) is 2.30. The number of ether oxygens (including phenoxy) is 1. The molecule has 2 atom stereocenters. The third-order valence-corrected chi connectivity index (χ3v) is 4.12. The maximum atomic E-state index is 6.25. The number of methoxy groups -OCH3 is 1. The summed E-state index contributed by atoms with van der Waals surface area (Å²) in [7, 11) is 1.75. The first-order valence-electron chi connectivity index (χ1n) is 6.05. The third-order valence-electron chi connectivity index (χ3n) is 3.55. The molecule has 0 aliphatic carbocycles. The van der Waals surface area contributed by atoms with E-state index < -0.39 is 0 Å². The molecule has 18 heavy (non-hydrogen) atoms. The van der Waals surface area contributed by atoms with Crippen LogP contribution in [-0.2, 0) is 4.74 Å². The summed E-state index contributed by atoms with van der Waals surface area (Å²) in [6.45, 7) is 3.95. The molecule has 0 radical (unpaired) electrons. The molecule has 0 spiro atoms. The van der Waals surface area contributed by atoms with Gasteiger partial charge in [-0.25, -0.2) is 0 Å². The zero-order chi connectivity index (χ0) is 13.3. The lowest BCUT2D eigenvalue weighted by Crippen LogP contribution is -2.44. The molecule has 1 fully saturated rings. The summed E-state index contributed by atoms with van der Waals surface area (Å²) in [5, 5.41) is 1.20. The highest BCUT2D eigenvalue weighted by molar-refractivity contribution is 6.39. The standard InChI is InChI=1S/C13H18Cl2N2O/c1-8-3-4-17(7-12(8)18-2)13-10(14)5-9(16)6-11(13)15/h5-6,8,12H,3-4,7,16H2,1-2H3. The number of anilines is 2.